The van der Waals surface area contributed by atoms with E-state index in [2.05, 4.69) is 41.2 Å². The van der Waals surface area contributed by atoms with E-state index in [1.807, 2.05) is 13.1 Å². The summed E-state index contributed by atoms with van der Waals surface area (Å²) in [5.74, 6) is 0. The topological polar surface area (TPSA) is 28.2 Å². The van der Waals surface area contributed by atoms with Gasteiger partial charge in [0, 0.05) is 30.9 Å². The molecule has 0 unspecified atom stereocenters. The van der Waals surface area contributed by atoms with E-state index in [9.17, 15) is 0 Å². The normalized spacial score (nSPS) is 20.3. The molecule has 1 N–H and O–H groups in total. The van der Waals surface area contributed by atoms with E-state index >= 15 is 0 Å². The summed E-state index contributed by atoms with van der Waals surface area (Å²) in [5.41, 5.74) is 2.51. The number of anilines is 1. The zero-order valence-corrected chi connectivity index (χ0v) is 9.75. The molecule has 1 aliphatic heterocycles. The van der Waals surface area contributed by atoms with Crippen LogP contribution in [-0.2, 0) is 0 Å². The number of hydrogen-bond acceptors (Lipinski definition) is 3. The molecule has 0 spiro atoms. The first kappa shape index (κ1) is 10.4. The van der Waals surface area contributed by atoms with Crippen LogP contribution >= 0.6 is 0 Å². The van der Waals surface area contributed by atoms with E-state index in [1.54, 1.807) is 0 Å². The maximum atomic E-state index is 4.34. The lowest BCUT2D eigenvalue weighted by Crippen LogP contribution is -2.57. The average molecular weight is 205 g/mol. The molecule has 0 amide bonds. The molecule has 1 aromatic rings. The Morgan fingerprint density at radius 1 is 1.40 bits per heavy atom. The van der Waals surface area contributed by atoms with Crippen molar-refractivity contribution in [2.24, 2.45) is 0 Å². The molecule has 2 heterocycles. The van der Waals surface area contributed by atoms with Crippen LogP contribution in [0.2, 0.25) is 0 Å². The molecular weight excluding hydrogens is 186 g/mol. The first-order chi connectivity index (χ1) is 7.07. The van der Waals surface area contributed by atoms with Gasteiger partial charge in [0.1, 0.15) is 0 Å². The van der Waals surface area contributed by atoms with Crippen molar-refractivity contribution in [1.29, 1.82) is 0 Å². The van der Waals surface area contributed by atoms with Crippen LogP contribution in [0.3, 0.4) is 0 Å². The predicted octanol–water partition coefficient (Wildman–Crippen LogP) is 1.58. The fourth-order valence-corrected chi connectivity index (χ4v) is 2.01. The van der Waals surface area contributed by atoms with E-state index in [4.69, 9.17) is 0 Å². The summed E-state index contributed by atoms with van der Waals surface area (Å²) < 4.78 is 0. The molecule has 0 radical (unpaired) electrons. The molecule has 1 saturated heterocycles. The third-order valence-corrected chi connectivity index (χ3v) is 2.83. The van der Waals surface area contributed by atoms with Gasteiger partial charge in [-0.2, -0.15) is 0 Å². The molecule has 15 heavy (non-hydrogen) atoms. The van der Waals surface area contributed by atoms with Crippen LogP contribution in [-0.4, -0.2) is 30.2 Å². The number of aromatic nitrogens is 1. The second-order valence-electron chi connectivity index (χ2n) is 4.89. The molecule has 0 atom stereocenters. The first-order valence-electron chi connectivity index (χ1n) is 5.49. The first-order valence-corrected chi connectivity index (χ1v) is 5.49. The predicted molar refractivity (Wildman–Crippen MR) is 63.3 cm³/mol. The molecule has 3 heteroatoms. The number of aryl methyl sites for hydroxylation is 1. The average Bonchev–Trinajstić information content (AvgIpc) is 2.17. The molecular formula is C12H19N3. The summed E-state index contributed by atoms with van der Waals surface area (Å²) >= 11 is 0. The van der Waals surface area contributed by atoms with Crippen molar-refractivity contribution >= 4 is 5.69 Å². The molecule has 82 valence electrons. The maximum absolute atomic E-state index is 4.34. The standard InChI is InChI=1S/C12H19N3/c1-10-4-5-11(8-13-10)15-7-6-14-12(2,3)9-15/h4-5,8,14H,6-7,9H2,1-3H3. The lowest BCUT2D eigenvalue weighted by molar-refractivity contribution is 0.353. The van der Waals surface area contributed by atoms with Crippen LogP contribution in [0.5, 0.6) is 0 Å². The highest BCUT2D eigenvalue weighted by Crippen LogP contribution is 2.18. The van der Waals surface area contributed by atoms with Crippen LogP contribution in [0, 0.1) is 6.92 Å². The van der Waals surface area contributed by atoms with Crippen molar-refractivity contribution in [2.75, 3.05) is 24.5 Å². The Hall–Kier alpha value is -1.09. The minimum absolute atomic E-state index is 0.198. The van der Waals surface area contributed by atoms with Crippen molar-refractivity contribution in [3.05, 3.63) is 24.0 Å². The van der Waals surface area contributed by atoms with Gasteiger partial charge >= 0.3 is 0 Å². The Labute approximate surface area is 91.5 Å². The molecule has 2 rings (SSSR count). The van der Waals surface area contributed by atoms with E-state index in [1.165, 1.54) is 5.69 Å². The third-order valence-electron chi connectivity index (χ3n) is 2.83. The number of pyridine rings is 1. The fraction of sp³-hybridized carbons (Fsp3) is 0.583. The van der Waals surface area contributed by atoms with Gasteiger partial charge in [0.2, 0.25) is 0 Å². The molecule has 0 aromatic carbocycles. The molecule has 1 aromatic heterocycles. The second kappa shape index (κ2) is 3.81. The van der Waals surface area contributed by atoms with E-state index < -0.39 is 0 Å². The fourth-order valence-electron chi connectivity index (χ4n) is 2.01. The molecule has 3 nitrogen and oxygen atoms in total. The van der Waals surface area contributed by atoms with Gasteiger partial charge in [-0.15, -0.1) is 0 Å². The van der Waals surface area contributed by atoms with Gasteiger partial charge in [-0.25, -0.2) is 0 Å². The van der Waals surface area contributed by atoms with Crippen LogP contribution in [0.4, 0.5) is 5.69 Å². The number of rotatable bonds is 1. The molecule has 0 bridgehead atoms. The SMILES string of the molecule is Cc1ccc(N2CCNC(C)(C)C2)cn1. The highest BCUT2D eigenvalue weighted by atomic mass is 15.2. The Kier molecular flexibility index (Phi) is 2.65. The Morgan fingerprint density at radius 2 is 2.20 bits per heavy atom. The van der Waals surface area contributed by atoms with Crippen LogP contribution < -0.4 is 10.2 Å². The quantitative estimate of drug-likeness (QED) is 0.754. The monoisotopic (exact) mass is 205 g/mol. The summed E-state index contributed by atoms with van der Waals surface area (Å²) in [6, 6.07) is 4.23. The second-order valence-corrected chi connectivity index (χ2v) is 4.89. The van der Waals surface area contributed by atoms with E-state index in [-0.39, 0.29) is 5.54 Å². The highest BCUT2D eigenvalue weighted by molar-refractivity contribution is 5.45. The number of piperazine rings is 1. The van der Waals surface area contributed by atoms with Gasteiger partial charge in [-0.3, -0.25) is 4.98 Å². The molecule has 1 aliphatic rings. The minimum Gasteiger partial charge on any atom is -0.367 e. The Bertz CT molecular complexity index is 329. The highest BCUT2D eigenvalue weighted by Gasteiger charge is 2.25. The van der Waals surface area contributed by atoms with Crippen molar-refractivity contribution < 1.29 is 0 Å². The number of nitrogens with zero attached hydrogens (tertiary/aromatic N) is 2. The molecule has 1 fully saturated rings. The van der Waals surface area contributed by atoms with Crippen molar-refractivity contribution in [3.63, 3.8) is 0 Å². The summed E-state index contributed by atoms with van der Waals surface area (Å²) in [6.45, 7) is 9.64. The van der Waals surface area contributed by atoms with Crippen molar-refractivity contribution in [2.45, 2.75) is 26.3 Å². The summed E-state index contributed by atoms with van der Waals surface area (Å²) in [6.07, 6.45) is 1.97. The summed E-state index contributed by atoms with van der Waals surface area (Å²) in [4.78, 5) is 6.73. The van der Waals surface area contributed by atoms with Gasteiger partial charge in [0.05, 0.1) is 11.9 Å². The Morgan fingerprint density at radius 3 is 2.80 bits per heavy atom. The van der Waals surface area contributed by atoms with Crippen molar-refractivity contribution in [1.82, 2.24) is 10.3 Å². The number of hydrogen-bond donors (Lipinski definition) is 1. The van der Waals surface area contributed by atoms with E-state index in [0.717, 1.165) is 25.3 Å². The smallest absolute Gasteiger partial charge is 0.0554 e. The van der Waals surface area contributed by atoms with Crippen LogP contribution in [0.15, 0.2) is 18.3 Å². The largest absolute Gasteiger partial charge is 0.367 e. The summed E-state index contributed by atoms with van der Waals surface area (Å²) in [5, 5.41) is 3.51. The van der Waals surface area contributed by atoms with Crippen LogP contribution in [0.25, 0.3) is 0 Å². The van der Waals surface area contributed by atoms with Gasteiger partial charge in [-0.05, 0) is 32.9 Å². The zero-order valence-electron chi connectivity index (χ0n) is 9.75. The third kappa shape index (κ3) is 2.48. The number of nitrogens with one attached hydrogen (secondary N) is 1. The van der Waals surface area contributed by atoms with Crippen LogP contribution in [0.1, 0.15) is 19.5 Å². The van der Waals surface area contributed by atoms with Gasteiger partial charge in [-0.1, -0.05) is 0 Å². The van der Waals surface area contributed by atoms with Gasteiger partial charge in [0.15, 0.2) is 0 Å². The van der Waals surface area contributed by atoms with Crippen molar-refractivity contribution in [3.8, 4) is 0 Å². The van der Waals surface area contributed by atoms with Gasteiger partial charge < -0.3 is 10.2 Å². The maximum Gasteiger partial charge on any atom is 0.0554 e. The van der Waals surface area contributed by atoms with E-state index in [0.29, 0.717) is 0 Å². The lowest BCUT2D eigenvalue weighted by Gasteiger charge is -2.40. The minimum atomic E-state index is 0.198. The zero-order chi connectivity index (χ0) is 10.9. The Balaban J connectivity index is 2.13. The van der Waals surface area contributed by atoms with Gasteiger partial charge in [0.25, 0.3) is 0 Å². The summed E-state index contributed by atoms with van der Waals surface area (Å²) in [7, 11) is 0. The lowest BCUT2D eigenvalue weighted by atomic mass is 10.0. The molecule has 0 aliphatic carbocycles. The molecule has 0 saturated carbocycles.